The van der Waals surface area contributed by atoms with E-state index in [0.29, 0.717) is 18.9 Å². The van der Waals surface area contributed by atoms with E-state index >= 15 is 0 Å². The first-order chi connectivity index (χ1) is 7.30. The van der Waals surface area contributed by atoms with Crippen LogP contribution in [0.2, 0.25) is 0 Å². The second-order valence-corrected chi connectivity index (χ2v) is 3.13. The first kappa shape index (κ1) is 11.8. The van der Waals surface area contributed by atoms with Gasteiger partial charge in [-0.25, -0.2) is 10.8 Å². The fraction of sp³-hybridized carbons (Fsp3) is 0.556. The Labute approximate surface area is 89.1 Å². The van der Waals surface area contributed by atoms with Crippen LogP contribution in [0.25, 0.3) is 0 Å². The second kappa shape index (κ2) is 6.28. The van der Waals surface area contributed by atoms with Gasteiger partial charge in [0.2, 0.25) is 0 Å². The first-order valence-electron chi connectivity index (χ1n) is 4.91. The van der Waals surface area contributed by atoms with E-state index in [0.717, 1.165) is 12.2 Å². The van der Waals surface area contributed by atoms with Crippen molar-refractivity contribution in [2.75, 3.05) is 25.1 Å². The number of nitrogens with one attached hydrogen (secondary N) is 1. The number of nitrogen functional groups attached to an aromatic ring is 1. The van der Waals surface area contributed by atoms with Crippen LogP contribution in [0.3, 0.4) is 0 Å². The van der Waals surface area contributed by atoms with Crippen LogP contribution in [0.1, 0.15) is 12.6 Å². The first-order valence-corrected chi connectivity index (χ1v) is 4.91. The van der Waals surface area contributed by atoms with Crippen LogP contribution < -0.4 is 11.3 Å². The zero-order valence-electron chi connectivity index (χ0n) is 8.85. The second-order valence-electron chi connectivity index (χ2n) is 3.13. The zero-order chi connectivity index (χ0) is 11.1. The summed E-state index contributed by atoms with van der Waals surface area (Å²) >= 11 is 0. The lowest BCUT2D eigenvalue weighted by Gasteiger charge is -2.18. The predicted octanol–water partition coefficient (Wildman–Crippen LogP) is -0.424. The summed E-state index contributed by atoms with van der Waals surface area (Å²) in [6.45, 7) is 4.41. The van der Waals surface area contributed by atoms with E-state index in [1.807, 2.05) is 6.92 Å². The number of rotatable bonds is 6. The molecule has 1 heterocycles. The summed E-state index contributed by atoms with van der Waals surface area (Å²) < 4.78 is 0. The average molecular weight is 211 g/mol. The van der Waals surface area contributed by atoms with E-state index < -0.39 is 0 Å². The third kappa shape index (κ3) is 3.78. The maximum absolute atomic E-state index is 8.82. The molecule has 1 aromatic rings. The number of likely N-dealkylation sites (N-methyl/N-ethyl adjacent to an activating group) is 1. The van der Waals surface area contributed by atoms with Gasteiger partial charge in [0, 0.05) is 13.1 Å². The van der Waals surface area contributed by atoms with Gasteiger partial charge >= 0.3 is 0 Å². The van der Waals surface area contributed by atoms with Gasteiger partial charge in [-0.05, 0) is 6.54 Å². The molecule has 15 heavy (non-hydrogen) atoms. The van der Waals surface area contributed by atoms with Crippen molar-refractivity contribution in [2.45, 2.75) is 13.5 Å². The van der Waals surface area contributed by atoms with Gasteiger partial charge in [-0.15, -0.1) is 0 Å². The predicted molar refractivity (Wildman–Crippen MR) is 57.9 cm³/mol. The van der Waals surface area contributed by atoms with Gasteiger partial charge in [0.15, 0.2) is 5.82 Å². The van der Waals surface area contributed by atoms with Crippen LogP contribution in [-0.2, 0) is 6.54 Å². The molecule has 0 bridgehead atoms. The molecule has 6 heteroatoms. The third-order valence-electron chi connectivity index (χ3n) is 2.10. The monoisotopic (exact) mass is 211 g/mol. The molecule has 0 amide bonds. The molecule has 0 spiro atoms. The van der Waals surface area contributed by atoms with Crippen molar-refractivity contribution in [3.8, 4) is 0 Å². The van der Waals surface area contributed by atoms with Crippen LogP contribution in [0, 0.1) is 0 Å². The topological polar surface area (TPSA) is 87.3 Å². The van der Waals surface area contributed by atoms with Gasteiger partial charge < -0.3 is 10.5 Å². The van der Waals surface area contributed by atoms with E-state index in [1.165, 1.54) is 0 Å². The van der Waals surface area contributed by atoms with E-state index in [1.54, 1.807) is 12.4 Å². The standard InChI is InChI=1S/C9H17N5O/c1-2-14(3-4-15)7-8-5-12-9(13-10)6-11-8/h5-6,15H,2-4,7,10H2,1H3,(H,12,13). The van der Waals surface area contributed by atoms with Crippen molar-refractivity contribution in [1.82, 2.24) is 14.9 Å². The number of nitrogens with two attached hydrogens (primary N) is 1. The molecule has 0 aliphatic carbocycles. The van der Waals surface area contributed by atoms with Crippen molar-refractivity contribution in [2.24, 2.45) is 5.84 Å². The molecule has 0 fully saturated rings. The normalized spacial score (nSPS) is 10.7. The third-order valence-corrected chi connectivity index (χ3v) is 2.10. The number of aliphatic hydroxyl groups excluding tert-OH is 1. The summed E-state index contributed by atoms with van der Waals surface area (Å²) in [4.78, 5) is 10.3. The van der Waals surface area contributed by atoms with Gasteiger partial charge in [-0.3, -0.25) is 9.88 Å². The fourth-order valence-corrected chi connectivity index (χ4v) is 1.23. The molecule has 0 saturated carbocycles. The van der Waals surface area contributed by atoms with Crippen LogP contribution in [0.4, 0.5) is 5.82 Å². The Balaban J connectivity index is 2.55. The van der Waals surface area contributed by atoms with Gasteiger partial charge in [0.1, 0.15) is 0 Å². The average Bonchev–Trinajstić information content (AvgIpc) is 2.29. The number of hydrogen-bond donors (Lipinski definition) is 3. The molecule has 6 nitrogen and oxygen atoms in total. The number of aliphatic hydroxyl groups is 1. The number of anilines is 1. The summed E-state index contributed by atoms with van der Waals surface area (Å²) in [7, 11) is 0. The minimum atomic E-state index is 0.156. The number of hydrazine groups is 1. The Morgan fingerprint density at radius 3 is 2.73 bits per heavy atom. The van der Waals surface area contributed by atoms with Gasteiger partial charge in [0.25, 0.3) is 0 Å². The van der Waals surface area contributed by atoms with Crippen molar-refractivity contribution < 1.29 is 5.11 Å². The summed E-state index contributed by atoms with van der Waals surface area (Å²) in [6, 6.07) is 0. The molecular weight excluding hydrogens is 194 g/mol. The summed E-state index contributed by atoms with van der Waals surface area (Å²) in [5.74, 6) is 5.72. The highest BCUT2D eigenvalue weighted by Gasteiger charge is 2.04. The van der Waals surface area contributed by atoms with E-state index in [9.17, 15) is 0 Å². The van der Waals surface area contributed by atoms with Crippen LogP contribution in [0.5, 0.6) is 0 Å². The SMILES string of the molecule is CCN(CCO)Cc1cnc(NN)cn1. The molecule has 0 aliphatic heterocycles. The molecule has 0 aliphatic rings. The summed E-state index contributed by atoms with van der Waals surface area (Å²) in [5.41, 5.74) is 3.28. The van der Waals surface area contributed by atoms with Crippen molar-refractivity contribution in [1.29, 1.82) is 0 Å². The number of nitrogens with zero attached hydrogens (tertiary/aromatic N) is 3. The van der Waals surface area contributed by atoms with Crippen molar-refractivity contribution in [3.05, 3.63) is 18.1 Å². The van der Waals surface area contributed by atoms with E-state index in [-0.39, 0.29) is 6.61 Å². The fourth-order valence-electron chi connectivity index (χ4n) is 1.23. The smallest absolute Gasteiger partial charge is 0.158 e. The van der Waals surface area contributed by atoms with Crippen molar-refractivity contribution in [3.63, 3.8) is 0 Å². The Morgan fingerprint density at radius 2 is 2.27 bits per heavy atom. The van der Waals surface area contributed by atoms with Gasteiger partial charge in [-0.2, -0.15) is 0 Å². The lowest BCUT2D eigenvalue weighted by molar-refractivity contribution is 0.195. The maximum Gasteiger partial charge on any atom is 0.158 e. The quantitative estimate of drug-likeness (QED) is 0.437. The van der Waals surface area contributed by atoms with Crippen molar-refractivity contribution >= 4 is 5.82 Å². The zero-order valence-corrected chi connectivity index (χ0v) is 8.85. The largest absolute Gasteiger partial charge is 0.395 e. The Morgan fingerprint density at radius 1 is 1.47 bits per heavy atom. The molecular formula is C9H17N5O. The minimum absolute atomic E-state index is 0.156. The van der Waals surface area contributed by atoms with Gasteiger partial charge in [0.05, 0.1) is 24.7 Å². The molecule has 0 atom stereocenters. The lowest BCUT2D eigenvalue weighted by atomic mass is 10.4. The highest BCUT2D eigenvalue weighted by molar-refractivity contribution is 5.28. The highest BCUT2D eigenvalue weighted by Crippen LogP contribution is 2.02. The Hall–Kier alpha value is -1.24. The Kier molecular flexibility index (Phi) is 4.96. The molecule has 1 rings (SSSR count). The minimum Gasteiger partial charge on any atom is -0.395 e. The molecule has 0 radical (unpaired) electrons. The van der Waals surface area contributed by atoms with Crippen LogP contribution >= 0.6 is 0 Å². The van der Waals surface area contributed by atoms with Crippen LogP contribution in [0.15, 0.2) is 12.4 Å². The Bertz CT molecular complexity index is 276. The lowest BCUT2D eigenvalue weighted by Crippen LogP contribution is -2.26. The molecule has 0 unspecified atom stereocenters. The van der Waals surface area contributed by atoms with E-state index in [2.05, 4.69) is 20.3 Å². The van der Waals surface area contributed by atoms with Crippen LogP contribution in [-0.4, -0.2) is 39.7 Å². The molecule has 0 saturated heterocycles. The molecule has 1 aromatic heterocycles. The summed E-state index contributed by atoms with van der Waals surface area (Å²) in [5, 5.41) is 8.82. The molecule has 4 N–H and O–H groups in total. The number of hydrogen-bond acceptors (Lipinski definition) is 6. The molecule has 0 aromatic carbocycles. The van der Waals surface area contributed by atoms with Gasteiger partial charge in [-0.1, -0.05) is 6.92 Å². The highest BCUT2D eigenvalue weighted by atomic mass is 16.3. The maximum atomic E-state index is 8.82. The molecule has 84 valence electrons. The summed E-state index contributed by atoms with van der Waals surface area (Å²) in [6.07, 6.45) is 3.26. The van der Waals surface area contributed by atoms with E-state index in [4.69, 9.17) is 10.9 Å². The number of aromatic nitrogens is 2.